The Labute approximate surface area is 108 Å². The number of piperazine rings is 1. The smallest absolute Gasteiger partial charge is 0.128 e. The van der Waals surface area contributed by atoms with Crippen LogP contribution in [0.1, 0.15) is 12.8 Å². The van der Waals surface area contributed by atoms with Crippen LogP contribution < -0.4 is 4.90 Å². The molecule has 2 saturated heterocycles. The minimum atomic E-state index is 0.340. The van der Waals surface area contributed by atoms with Crippen LogP contribution >= 0.6 is 0 Å². The summed E-state index contributed by atoms with van der Waals surface area (Å²) in [5.74, 6) is 1.59. The Kier molecular flexibility index (Phi) is 3.48. The van der Waals surface area contributed by atoms with Crippen LogP contribution in [0.15, 0.2) is 24.4 Å². The quantitative estimate of drug-likeness (QED) is 0.845. The molecule has 0 saturated carbocycles. The molecule has 18 heavy (non-hydrogen) atoms. The Morgan fingerprint density at radius 3 is 2.94 bits per heavy atom. The Bertz CT molecular complexity index is 384. The third kappa shape index (κ3) is 2.35. The van der Waals surface area contributed by atoms with Crippen molar-refractivity contribution in [2.45, 2.75) is 18.9 Å². The molecule has 2 atom stereocenters. The highest BCUT2D eigenvalue weighted by atomic mass is 16.3. The van der Waals surface area contributed by atoms with Crippen LogP contribution in [0.5, 0.6) is 0 Å². The summed E-state index contributed by atoms with van der Waals surface area (Å²) in [6, 6.07) is 6.75. The van der Waals surface area contributed by atoms with Gasteiger partial charge in [-0.25, -0.2) is 4.98 Å². The third-order valence-electron chi connectivity index (χ3n) is 4.24. The molecular formula is C14H21N3O. The van der Waals surface area contributed by atoms with Gasteiger partial charge in [0.15, 0.2) is 0 Å². The van der Waals surface area contributed by atoms with Gasteiger partial charge in [-0.1, -0.05) is 6.07 Å². The third-order valence-corrected chi connectivity index (χ3v) is 4.24. The van der Waals surface area contributed by atoms with Crippen molar-refractivity contribution in [3.05, 3.63) is 24.4 Å². The number of pyridine rings is 1. The Hall–Kier alpha value is -1.13. The number of fused-ring (bicyclic) bond motifs is 1. The molecule has 0 aliphatic carbocycles. The van der Waals surface area contributed by atoms with Gasteiger partial charge in [0.2, 0.25) is 0 Å². The number of piperidine rings is 1. The van der Waals surface area contributed by atoms with Gasteiger partial charge in [-0.2, -0.15) is 0 Å². The van der Waals surface area contributed by atoms with Gasteiger partial charge < -0.3 is 10.0 Å². The lowest BCUT2D eigenvalue weighted by molar-refractivity contribution is 0.0672. The second-order valence-electron chi connectivity index (χ2n) is 5.41. The molecule has 2 aliphatic heterocycles. The summed E-state index contributed by atoms with van der Waals surface area (Å²) in [6.45, 7) is 4.63. The summed E-state index contributed by atoms with van der Waals surface area (Å²) >= 11 is 0. The molecule has 98 valence electrons. The normalized spacial score (nSPS) is 29.1. The molecule has 1 N–H and O–H groups in total. The van der Waals surface area contributed by atoms with Gasteiger partial charge in [-0.15, -0.1) is 0 Å². The molecule has 2 fully saturated rings. The van der Waals surface area contributed by atoms with Crippen LogP contribution in [0.3, 0.4) is 0 Å². The Morgan fingerprint density at radius 1 is 1.22 bits per heavy atom. The highest BCUT2D eigenvalue weighted by Crippen LogP contribution is 2.26. The minimum Gasteiger partial charge on any atom is -0.396 e. The lowest BCUT2D eigenvalue weighted by Gasteiger charge is -2.46. The fourth-order valence-electron chi connectivity index (χ4n) is 3.16. The number of hydrogen-bond donors (Lipinski definition) is 1. The largest absolute Gasteiger partial charge is 0.396 e. The molecular weight excluding hydrogens is 226 g/mol. The van der Waals surface area contributed by atoms with Crippen molar-refractivity contribution >= 4 is 5.82 Å². The number of aliphatic hydroxyl groups excluding tert-OH is 1. The van der Waals surface area contributed by atoms with E-state index < -0.39 is 0 Å². The van der Waals surface area contributed by atoms with E-state index in [0.717, 1.165) is 38.4 Å². The van der Waals surface area contributed by atoms with E-state index in [9.17, 15) is 5.11 Å². The minimum absolute atomic E-state index is 0.340. The summed E-state index contributed by atoms with van der Waals surface area (Å²) in [6.07, 6.45) is 4.23. The summed E-state index contributed by atoms with van der Waals surface area (Å²) in [5.41, 5.74) is 0. The molecule has 0 aromatic carbocycles. The maximum atomic E-state index is 9.26. The monoisotopic (exact) mass is 247 g/mol. The first-order valence-corrected chi connectivity index (χ1v) is 6.87. The zero-order valence-corrected chi connectivity index (χ0v) is 10.7. The van der Waals surface area contributed by atoms with E-state index in [2.05, 4.69) is 26.9 Å². The van der Waals surface area contributed by atoms with Gasteiger partial charge in [0.1, 0.15) is 5.82 Å². The van der Waals surface area contributed by atoms with Crippen LogP contribution in [-0.2, 0) is 0 Å². The summed E-state index contributed by atoms with van der Waals surface area (Å²) in [5, 5.41) is 9.26. The predicted octanol–water partition coefficient (Wildman–Crippen LogP) is 0.974. The lowest BCUT2D eigenvalue weighted by Crippen LogP contribution is -2.57. The molecule has 4 nitrogen and oxygen atoms in total. The lowest BCUT2D eigenvalue weighted by atomic mass is 9.91. The fraction of sp³-hybridized carbons (Fsp3) is 0.643. The first-order valence-electron chi connectivity index (χ1n) is 6.87. The average molecular weight is 247 g/mol. The van der Waals surface area contributed by atoms with E-state index in [1.165, 1.54) is 6.42 Å². The summed E-state index contributed by atoms with van der Waals surface area (Å²) < 4.78 is 0. The molecule has 3 heterocycles. The van der Waals surface area contributed by atoms with Crippen molar-refractivity contribution in [3.63, 3.8) is 0 Å². The van der Waals surface area contributed by atoms with Crippen LogP contribution in [0.4, 0.5) is 5.82 Å². The first kappa shape index (κ1) is 11.9. The zero-order chi connectivity index (χ0) is 12.4. The van der Waals surface area contributed by atoms with Crippen LogP contribution in [0.2, 0.25) is 0 Å². The van der Waals surface area contributed by atoms with Crippen molar-refractivity contribution in [2.24, 2.45) is 5.92 Å². The van der Waals surface area contributed by atoms with E-state index in [0.29, 0.717) is 18.6 Å². The van der Waals surface area contributed by atoms with Gasteiger partial charge >= 0.3 is 0 Å². The zero-order valence-electron chi connectivity index (χ0n) is 10.7. The van der Waals surface area contributed by atoms with Crippen molar-refractivity contribution in [1.29, 1.82) is 0 Å². The number of hydrogen-bond acceptors (Lipinski definition) is 4. The fourth-order valence-corrected chi connectivity index (χ4v) is 3.16. The predicted molar refractivity (Wildman–Crippen MR) is 71.6 cm³/mol. The standard InChI is InChI=1S/C14H21N3O/c18-11-12-4-5-13-10-17(8-7-16(13)9-12)14-3-1-2-6-15-14/h1-3,6,12-13,18H,4-5,7-11H2/t12-,13+/m1/s1. The van der Waals surface area contributed by atoms with Gasteiger partial charge in [-0.05, 0) is 30.9 Å². The van der Waals surface area contributed by atoms with Gasteiger partial charge in [0.05, 0.1) is 0 Å². The number of aromatic nitrogens is 1. The number of rotatable bonds is 2. The van der Waals surface area contributed by atoms with Crippen molar-refractivity contribution in [3.8, 4) is 0 Å². The molecule has 0 unspecified atom stereocenters. The Morgan fingerprint density at radius 2 is 2.17 bits per heavy atom. The second kappa shape index (κ2) is 5.24. The summed E-state index contributed by atoms with van der Waals surface area (Å²) in [4.78, 5) is 9.37. The average Bonchev–Trinajstić information content (AvgIpc) is 2.47. The van der Waals surface area contributed by atoms with Crippen LogP contribution in [0, 0.1) is 5.92 Å². The van der Waals surface area contributed by atoms with E-state index in [1.54, 1.807) is 0 Å². The number of aliphatic hydroxyl groups is 1. The van der Waals surface area contributed by atoms with E-state index in [-0.39, 0.29) is 0 Å². The molecule has 4 heteroatoms. The van der Waals surface area contributed by atoms with Crippen molar-refractivity contribution in [1.82, 2.24) is 9.88 Å². The van der Waals surface area contributed by atoms with Crippen molar-refractivity contribution in [2.75, 3.05) is 37.7 Å². The van der Waals surface area contributed by atoms with E-state index in [1.807, 2.05) is 12.3 Å². The molecule has 3 rings (SSSR count). The van der Waals surface area contributed by atoms with E-state index in [4.69, 9.17) is 0 Å². The molecule has 1 aromatic rings. The molecule has 2 aliphatic rings. The number of anilines is 1. The molecule has 0 spiro atoms. The number of nitrogens with zero attached hydrogens (tertiary/aromatic N) is 3. The summed E-state index contributed by atoms with van der Waals surface area (Å²) in [7, 11) is 0. The highest BCUT2D eigenvalue weighted by molar-refractivity contribution is 5.38. The van der Waals surface area contributed by atoms with Gasteiger partial charge in [-0.3, -0.25) is 4.90 Å². The Balaban J connectivity index is 1.65. The van der Waals surface area contributed by atoms with Crippen LogP contribution in [0.25, 0.3) is 0 Å². The topological polar surface area (TPSA) is 39.6 Å². The molecule has 0 radical (unpaired) electrons. The second-order valence-corrected chi connectivity index (χ2v) is 5.41. The van der Waals surface area contributed by atoms with Crippen molar-refractivity contribution < 1.29 is 5.11 Å². The SMILES string of the molecule is OC[C@@H]1CC[C@H]2CN(c3ccccn3)CCN2C1. The molecule has 0 bridgehead atoms. The van der Waals surface area contributed by atoms with Gasteiger partial charge in [0, 0.05) is 45.0 Å². The maximum absolute atomic E-state index is 9.26. The van der Waals surface area contributed by atoms with Gasteiger partial charge in [0.25, 0.3) is 0 Å². The van der Waals surface area contributed by atoms with Crippen LogP contribution in [-0.4, -0.2) is 53.8 Å². The van der Waals surface area contributed by atoms with E-state index >= 15 is 0 Å². The maximum Gasteiger partial charge on any atom is 0.128 e. The highest BCUT2D eigenvalue weighted by Gasteiger charge is 2.32. The molecule has 0 amide bonds. The molecule has 1 aromatic heterocycles. The first-order chi connectivity index (χ1) is 8.86.